The summed E-state index contributed by atoms with van der Waals surface area (Å²) in [6.07, 6.45) is 1.96. The van der Waals surface area contributed by atoms with Crippen LogP contribution in [0.4, 0.5) is 5.69 Å². The number of ether oxygens (including phenoxy) is 1. The quantitative estimate of drug-likeness (QED) is 0.333. The van der Waals surface area contributed by atoms with Crippen molar-refractivity contribution in [2.75, 3.05) is 5.32 Å². The van der Waals surface area contributed by atoms with Crippen molar-refractivity contribution in [3.05, 3.63) is 91.4 Å². The van der Waals surface area contributed by atoms with Gasteiger partial charge >= 0.3 is 0 Å². The molecule has 4 rings (SSSR count). The van der Waals surface area contributed by atoms with Crippen LogP contribution in [-0.2, 0) is 16.8 Å². The van der Waals surface area contributed by atoms with Crippen molar-refractivity contribution >= 4 is 55.1 Å². The van der Waals surface area contributed by atoms with E-state index >= 15 is 0 Å². The summed E-state index contributed by atoms with van der Waals surface area (Å²) in [5, 5.41) is 3.00. The third-order valence-electron chi connectivity index (χ3n) is 5.59. The molecule has 1 amide bonds. The molecule has 0 saturated heterocycles. The minimum atomic E-state index is -0.113. The van der Waals surface area contributed by atoms with Gasteiger partial charge < -0.3 is 10.1 Å². The third kappa shape index (κ3) is 4.55. The summed E-state index contributed by atoms with van der Waals surface area (Å²) in [6.45, 7) is 9.05. The molecule has 0 radical (unpaired) electrons. The zero-order chi connectivity index (χ0) is 23.0. The van der Waals surface area contributed by atoms with Gasteiger partial charge in [0, 0.05) is 25.6 Å². The third-order valence-corrected chi connectivity index (χ3v) is 7.04. The Morgan fingerprint density at radius 1 is 1.00 bits per heavy atom. The van der Waals surface area contributed by atoms with E-state index in [4.69, 9.17) is 4.74 Å². The van der Waals surface area contributed by atoms with Crippen LogP contribution in [0.15, 0.2) is 63.5 Å². The molecular weight excluding hydrogens is 530 g/mol. The molecule has 0 fully saturated rings. The van der Waals surface area contributed by atoms with Crippen LogP contribution < -0.4 is 10.1 Å². The van der Waals surface area contributed by atoms with E-state index in [0.29, 0.717) is 12.2 Å². The standard InChI is InChI=1S/C27H25Br2NO2/c1-16-21(28)14-22(29)25-24(16)19(26(31)30-25)12-18-10-11-23(20(13-18)27(2,3)4)32-15-17-8-6-5-7-9-17/h5-14H,15H2,1-4H3,(H,30,31). The fraction of sp³-hybridized carbons (Fsp3) is 0.222. The SMILES string of the molecule is Cc1c(Br)cc(Br)c2c1C(=Cc1ccc(OCc3ccccc3)c(C(C)(C)C)c1)C(=O)N2. The van der Waals surface area contributed by atoms with E-state index in [9.17, 15) is 4.79 Å². The molecule has 3 aromatic rings. The van der Waals surface area contributed by atoms with Gasteiger partial charge in [0.25, 0.3) is 5.91 Å². The highest BCUT2D eigenvalue weighted by atomic mass is 79.9. The Balaban J connectivity index is 1.73. The van der Waals surface area contributed by atoms with Crippen LogP contribution in [-0.4, -0.2) is 5.91 Å². The lowest BCUT2D eigenvalue weighted by Gasteiger charge is -2.23. The van der Waals surface area contributed by atoms with Crippen LogP contribution in [0.25, 0.3) is 11.6 Å². The number of hydrogen-bond acceptors (Lipinski definition) is 2. The van der Waals surface area contributed by atoms with Crippen molar-refractivity contribution in [1.29, 1.82) is 0 Å². The topological polar surface area (TPSA) is 38.3 Å². The fourth-order valence-electron chi connectivity index (χ4n) is 3.86. The first-order valence-electron chi connectivity index (χ1n) is 10.5. The summed E-state index contributed by atoms with van der Waals surface area (Å²) >= 11 is 7.17. The number of halogens is 2. The lowest BCUT2D eigenvalue weighted by molar-refractivity contribution is -0.110. The maximum atomic E-state index is 12.8. The number of rotatable bonds is 4. The molecule has 0 atom stereocenters. The molecule has 1 aliphatic heterocycles. The van der Waals surface area contributed by atoms with E-state index in [2.05, 4.69) is 76.1 Å². The van der Waals surface area contributed by atoms with E-state index in [1.807, 2.05) is 49.4 Å². The molecule has 3 nitrogen and oxygen atoms in total. The molecule has 0 bridgehead atoms. The van der Waals surface area contributed by atoms with Crippen LogP contribution >= 0.6 is 31.9 Å². The predicted octanol–water partition coefficient (Wildman–Crippen LogP) is 7.89. The number of fused-ring (bicyclic) bond motifs is 1. The van der Waals surface area contributed by atoms with Gasteiger partial charge in [-0.3, -0.25) is 4.79 Å². The minimum absolute atomic E-state index is 0.0939. The lowest BCUT2D eigenvalue weighted by Crippen LogP contribution is -2.14. The van der Waals surface area contributed by atoms with Crippen molar-refractivity contribution in [2.24, 2.45) is 0 Å². The van der Waals surface area contributed by atoms with Gasteiger partial charge in [0.05, 0.1) is 5.69 Å². The van der Waals surface area contributed by atoms with Gasteiger partial charge in [-0.25, -0.2) is 0 Å². The van der Waals surface area contributed by atoms with Crippen molar-refractivity contribution in [2.45, 2.75) is 39.7 Å². The molecule has 1 heterocycles. The largest absolute Gasteiger partial charge is 0.489 e. The molecule has 3 aromatic carbocycles. The zero-order valence-corrected chi connectivity index (χ0v) is 21.7. The Morgan fingerprint density at radius 3 is 2.41 bits per heavy atom. The number of nitrogens with one attached hydrogen (secondary N) is 1. The summed E-state index contributed by atoms with van der Waals surface area (Å²) < 4.78 is 8.02. The second-order valence-electron chi connectivity index (χ2n) is 9.01. The number of carbonyl (C=O) groups is 1. The number of anilines is 1. The van der Waals surface area contributed by atoms with E-state index in [1.54, 1.807) is 0 Å². The minimum Gasteiger partial charge on any atom is -0.489 e. The molecule has 0 unspecified atom stereocenters. The Kier molecular flexibility index (Phi) is 6.33. The summed E-state index contributed by atoms with van der Waals surface area (Å²) in [6, 6.07) is 18.3. The fourth-order valence-corrected chi connectivity index (χ4v) is 5.12. The van der Waals surface area contributed by atoms with Crippen LogP contribution in [0.2, 0.25) is 0 Å². The summed E-state index contributed by atoms with van der Waals surface area (Å²) in [4.78, 5) is 12.8. The van der Waals surface area contributed by atoms with E-state index in [-0.39, 0.29) is 11.3 Å². The smallest absolute Gasteiger partial charge is 0.256 e. The molecule has 5 heteroatoms. The maximum absolute atomic E-state index is 12.8. The number of benzene rings is 3. The first kappa shape index (κ1) is 22.8. The highest BCUT2D eigenvalue weighted by Gasteiger charge is 2.29. The number of carbonyl (C=O) groups excluding carboxylic acids is 1. The molecule has 32 heavy (non-hydrogen) atoms. The van der Waals surface area contributed by atoms with Gasteiger partial charge in [-0.2, -0.15) is 0 Å². The molecular formula is C27H25Br2NO2. The average Bonchev–Trinajstić information content (AvgIpc) is 3.08. The first-order chi connectivity index (χ1) is 15.1. The highest BCUT2D eigenvalue weighted by molar-refractivity contribution is 9.11. The van der Waals surface area contributed by atoms with Crippen LogP contribution in [0.1, 0.15) is 48.6 Å². The lowest BCUT2D eigenvalue weighted by atomic mass is 9.85. The molecule has 0 aromatic heterocycles. The van der Waals surface area contributed by atoms with E-state index in [0.717, 1.165) is 48.2 Å². The summed E-state index contributed by atoms with van der Waals surface area (Å²) in [5.74, 6) is 0.769. The van der Waals surface area contributed by atoms with Gasteiger partial charge in [-0.05, 0) is 69.2 Å². The van der Waals surface area contributed by atoms with Gasteiger partial charge in [0.15, 0.2) is 0 Å². The first-order valence-corrected chi connectivity index (χ1v) is 12.1. The van der Waals surface area contributed by atoms with Crippen LogP contribution in [0, 0.1) is 6.92 Å². The molecule has 1 N–H and O–H groups in total. The average molecular weight is 555 g/mol. The molecule has 0 spiro atoms. The van der Waals surface area contributed by atoms with E-state index in [1.165, 1.54) is 0 Å². The van der Waals surface area contributed by atoms with Crippen LogP contribution in [0.5, 0.6) is 5.75 Å². The Hall–Kier alpha value is -2.37. The number of hydrogen-bond donors (Lipinski definition) is 1. The second kappa shape index (κ2) is 8.87. The normalized spacial score (nSPS) is 14.4. The van der Waals surface area contributed by atoms with Gasteiger partial charge in [0.1, 0.15) is 12.4 Å². The Labute approximate surface area is 206 Å². The van der Waals surface area contributed by atoms with Gasteiger partial charge in [-0.1, -0.05) is 73.1 Å². The van der Waals surface area contributed by atoms with Crippen molar-refractivity contribution in [3.8, 4) is 5.75 Å². The summed E-state index contributed by atoms with van der Waals surface area (Å²) in [5.41, 5.74) is 6.54. The molecule has 1 aliphatic rings. The maximum Gasteiger partial charge on any atom is 0.256 e. The Morgan fingerprint density at radius 2 is 1.72 bits per heavy atom. The van der Waals surface area contributed by atoms with Crippen molar-refractivity contribution < 1.29 is 9.53 Å². The van der Waals surface area contributed by atoms with Gasteiger partial charge in [0.2, 0.25) is 0 Å². The second-order valence-corrected chi connectivity index (χ2v) is 10.7. The molecule has 0 aliphatic carbocycles. The van der Waals surface area contributed by atoms with Crippen molar-refractivity contribution in [3.63, 3.8) is 0 Å². The van der Waals surface area contributed by atoms with Crippen molar-refractivity contribution in [1.82, 2.24) is 0 Å². The zero-order valence-electron chi connectivity index (χ0n) is 18.6. The van der Waals surface area contributed by atoms with E-state index < -0.39 is 0 Å². The predicted molar refractivity (Wildman–Crippen MR) is 139 cm³/mol. The molecule has 164 valence electrons. The molecule has 0 saturated carbocycles. The Bertz CT molecular complexity index is 1220. The number of amides is 1. The summed E-state index contributed by atoms with van der Waals surface area (Å²) in [7, 11) is 0. The van der Waals surface area contributed by atoms with Gasteiger partial charge in [-0.15, -0.1) is 0 Å². The van der Waals surface area contributed by atoms with Crippen LogP contribution in [0.3, 0.4) is 0 Å². The highest BCUT2D eigenvalue weighted by Crippen LogP contribution is 2.43. The monoisotopic (exact) mass is 553 g/mol.